The summed E-state index contributed by atoms with van der Waals surface area (Å²) < 4.78 is 0. The molecule has 0 radical (unpaired) electrons. The molecule has 1 heterocycles. The second-order valence-electron chi connectivity index (χ2n) is 2.45. The quantitative estimate of drug-likeness (QED) is 0.535. The van der Waals surface area contributed by atoms with Crippen LogP contribution in [0.3, 0.4) is 0 Å². The lowest BCUT2D eigenvalue weighted by Crippen LogP contribution is -2.31. The van der Waals surface area contributed by atoms with E-state index in [-0.39, 0.29) is 5.92 Å². The van der Waals surface area contributed by atoms with Gasteiger partial charge in [0.15, 0.2) is 0 Å². The summed E-state index contributed by atoms with van der Waals surface area (Å²) in [7, 11) is 0. The van der Waals surface area contributed by atoms with Gasteiger partial charge in [-0.3, -0.25) is 4.79 Å². The minimum Gasteiger partial charge on any atom is -0.317 e. The van der Waals surface area contributed by atoms with Crippen LogP contribution in [-0.4, -0.2) is 19.0 Å². The van der Waals surface area contributed by atoms with Gasteiger partial charge in [-0.25, -0.2) is 0 Å². The lowest BCUT2D eigenvalue weighted by Gasteiger charge is -2.17. The topological polar surface area (TPSA) is 58.5 Å². The summed E-state index contributed by atoms with van der Waals surface area (Å²) in [5.74, 6) is -0.597. The Hall–Kier alpha value is -0.770. The van der Waals surface area contributed by atoms with Crippen LogP contribution in [0.15, 0.2) is 5.18 Å². The van der Waals surface area contributed by atoms with E-state index in [0.29, 0.717) is 0 Å². The number of carbonyl (C=O) groups is 1. The van der Waals surface area contributed by atoms with Gasteiger partial charge >= 0.3 is 0 Å². The molecule has 1 amide bonds. The molecule has 10 heavy (non-hydrogen) atoms. The summed E-state index contributed by atoms with van der Waals surface area (Å²) in [4.78, 5) is 20.4. The van der Waals surface area contributed by atoms with E-state index in [1.807, 2.05) is 0 Å². The number of carbonyl (C=O) groups excluding carboxylic acids is 1. The first kappa shape index (κ1) is 7.34. The summed E-state index contributed by atoms with van der Waals surface area (Å²) in [6.45, 7) is 1.65. The van der Waals surface area contributed by atoms with Gasteiger partial charge in [-0.05, 0) is 25.9 Å². The van der Waals surface area contributed by atoms with Crippen LogP contribution in [0.25, 0.3) is 0 Å². The van der Waals surface area contributed by atoms with Crippen molar-refractivity contribution in [3.63, 3.8) is 0 Å². The van der Waals surface area contributed by atoms with E-state index < -0.39 is 5.91 Å². The van der Waals surface area contributed by atoms with Gasteiger partial charge in [-0.1, -0.05) is 0 Å². The zero-order chi connectivity index (χ0) is 7.40. The van der Waals surface area contributed by atoms with Crippen LogP contribution in [0.1, 0.15) is 12.8 Å². The fourth-order valence-corrected chi connectivity index (χ4v) is 1.14. The van der Waals surface area contributed by atoms with Crippen LogP contribution >= 0.6 is 0 Å². The molecule has 56 valence electrons. The van der Waals surface area contributed by atoms with Crippen LogP contribution < -0.4 is 5.32 Å². The van der Waals surface area contributed by atoms with Gasteiger partial charge in [-0.2, -0.15) is 0 Å². The van der Waals surface area contributed by atoms with Crippen molar-refractivity contribution in [1.82, 2.24) is 5.32 Å². The van der Waals surface area contributed by atoms with E-state index in [4.69, 9.17) is 0 Å². The Morgan fingerprint density at radius 2 is 2.00 bits per heavy atom. The monoisotopic (exact) mass is 142 g/mol. The molecule has 0 atom stereocenters. The van der Waals surface area contributed by atoms with Crippen molar-refractivity contribution < 1.29 is 4.79 Å². The molecule has 0 bridgehead atoms. The second-order valence-corrected chi connectivity index (χ2v) is 2.45. The van der Waals surface area contributed by atoms with Gasteiger partial charge in [-0.15, -0.1) is 4.91 Å². The molecule has 1 fully saturated rings. The van der Waals surface area contributed by atoms with E-state index in [1.54, 1.807) is 0 Å². The molecule has 1 rings (SSSR count). The Kier molecular flexibility index (Phi) is 2.50. The third-order valence-corrected chi connectivity index (χ3v) is 1.78. The number of amides is 1. The Morgan fingerprint density at radius 3 is 2.50 bits per heavy atom. The summed E-state index contributed by atoms with van der Waals surface area (Å²) in [5, 5.41) is 5.49. The van der Waals surface area contributed by atoms with Crippen molar-refractivity contribution in [1.29, 1.82) is 0 Å². The van der Waals surface area contributed by atoms with Crippen molar-refractivity contribution in [2.45, 2.75) is 12.8 Å². The summed E-state index contributed by atoms with van der Waals surface area (Å²) in [6.07, 6.45) is 1.51. The molecule has 4 nitrogen and oxygen atoms in total. The largest absolute Gasteiger partial charge is 0.317 e. The van der Waals surface area contributed by atoms with Crippen LogP contribution in [0.5, 0.6) is 0 Å². The molecule has 0 aliphatic carbocycles. The third kappa shape index (κ3) is 1.60. The predicted octanol–water partition coefficient (Wildman–Crippen LogP) is 0.279. The third-order valence-electron chi connectivity index (χ3n) is 1.78. The van der Waals surface area contributed by atoms with Gasteiger partial charge in [0, 0.05) is 11.1 Å². The second kappa shape index (κ2) is 3.41. The standard InChI is InChI=1S/C6H10N2O2/c9-6(8-10)5-1-3-7-4-2-5/h5,7H,1-4H2. The average molecular weight is 142 g/mol. The normalized spacial score (nSPS) is 20.4. The Bertz CT molecular complexity index is 141. The van der Waals surface area contributed by atoms with Gasteiger partial charge in [0.2, 0.25) is 0 Å². The minimum atomic E-state index is -0.485. The van der Waals surface area contributed by atoms with Crippen molar-refractivity contribution in [3.05, 3.63) is 4.91 Å². The van der Waals surface area contributed by atoms with Crippen molar-refractivity contribution in [3.8, 4) is 0 Å². The fourth-order valence-electron chi connectivity index (χ4n) is 1.14. The zero-order valence-electron chi connectivity index (χ0n) is 5.67. The lowest BCUT2D eigenvalue weighted by molar-refractivity contribution is -0.122. The van der Waals surface area contributed by atoms with E-state index in [1.165, 1.54) is 0 Å². The molecule has 1 aliphatic rings. The minimum absolute atomic E-state index is 0.112. The Balaban J connectivity index is 2.38. The smallest absolute Gasteiger partial charge is 0.289 e. The van der Waals surface area contributed by atoms with Crippen LogP contribution in [-0.2, 0) is 4.79 Å². The number of rotatable bonds is 1. The molecule has 0 aromatic heterocycles. The van der Waals surface area contributed by atoms with E-state index in [2.05, 4.69) is 10.5 Å². The molecular weight excluding hydrogens is 132 g/mol. The highest BCUT2D eigenvalue weighted by Gasteiger charge is 2.20. The number of nitrogens with zero attached hydrogens (tertiary/aromatic N) is 1. The van der Waals surface area contributed by atoms with Crippen LogP contribution in [0.2, 0.25) is 0 Å². The number of piperidine rings is 1. The fraction of sp³-hybridized carbons (Fsp3) is 0.833. The van der Waals surface area contributed by atoms with Gasteiger partial charge in [0.25, 0.3) is 5.91 Å². The number of hydrogen-bond acceptors (Lipinski definition) is 3. The summed E-state index contributed by atoms with van der Waals surface area (Å²) >= 11 is 0. The van der Waals surface area contributed by atoms with Crippen LogP contribution in [0, 0.1) is 10.8 Å². The van der Waals surface area contributed by atoms with Crippen molar-refractivity contribution in [2.24, 2.45) is 11.1 Å². The summed E-state index contributed by atoms with van der Waals surface area (Å²) in [5.41, 5.74) is 0. The first-order chi connectivity index (χ1) is 4.84. The average Bonchev–Trinajstić information content (AvgIpc) is 2.05. The van der Waals surface area contributed by atoms with E-state index in [0.717, 1.165) is 25.9 Å². The first-order valence-corrected chi connectivity index (χ1v) is 3.42. The van der Waals surface area contributed by atoms with Crippen LogP contribution in [0.4, 0.5) is 0 Å². The van der Waals surface area contributed by atoms with Crippen molar-refractivity contribution >= 4 is 5.91 Å². The van der Waals surface area contributed by atoms with Gasteiger partial charge in [0.05, 0.1) is 0 Å². The number of nitrogens with one attached hydrogen (secondary N) is 1. The number of nitroso groups, excluding NO2 is 1. The molecule has 0 spiro atoms. The molecule has 1 aliphatic heterocycles. The maximum Gasteiger partial charge on any atom is 0.289 e. The molecule has 0 unspecified atom stereocenters. The van der Waals surface area contributed by atoms with Crippen molar-refractivity contribution in [2.75, 3.05) is 13.1 Å². The van der Waals surface area contributed by atoms with Gasteiger partial charge in [0.1, 0.15) is 0 Å². The maximum absolute atomic E-state index is 10.7. The first-order valence-electron chi connectivity index (χ1n) is 3.42. The molecule has 0 aromatic rings. The molecule has 0 saturated carbocycles. The predicted molar refractivity (Wildman–Crippen MR) is 36.4 cm³/mol. The molecule has 1 saturated heterocycles. The highest BCUT2D eigenvalue weighted by Crippen LogP contribution is 2.12. The Labute approximate surface area is 59.0 Å². The molecule has 1 N–H and O–H groups in total. The molecular formula is C6H10N2O2. The number of hydrogen-bond donors (Lipinski definition) is 1. The molecule has 0 aromatic carbocycles. The summed E-state index contributed by atoms with van der Waals surface area (Å²) in [6, 6.07) is 0. The maximum atomic E-state index is 10.7. The van der Waals surface area contributed by atoms with E-state index in [9.17, 15) is 9.70 Å². The lowest BCUT2D eigenvalue weighted by atomic mass is 9.98. The Morgan fingerprint density at radius 1 is 1.40 bits per heavy atom. The highest BCUT2D eigenvalue weighted by molar-refractivity contribution is 5.79. The SMILES string of the molecule is O=NC(=O)C1CCNCC1. The zero-order valence-corrected chi connectivity index (χ0v) is 5.67. The van der Waals surface area contributed by atoms with Gasteiger partial charge < -0.3 is 5.32 Å². The highest BCUT2D eigenvalue weighted by atomic mass is 16.3. The van der Waals surface area contributed by atoms with E-state index >= 15 is 0 Å². The molecule has 4 heteroatoms.